The van der Waals surface area contributed by atoms with Gasteiger partial charge in [0.15, 0.2) is 0 Å². The van der Waals surface area contributed by atoms with E-state index in [0.717, 1.165) is 23.6 Å². The van der Waals surface area contributed by atoms with E-state index in [-0.39, 0.29) is 11.8 Å². The summed E-state index contributed by atoms with van der Waals surface area (Å²) in [5, 5.41) is 0. The highest BCUT2D eigenvalue weighted by atomic mass is 16.5. The summed E-state index contributed by atoms with van der Waals surface area (Å²) in [6.07, 6.45) is 1.64. The zero-order valence-corrected chi connectivity index (χ0v) is 13.6. The molecule has 1 aliphatic heterocycles. The van der Waals surface area contributed by atoms with Crippen LogP contribution in [0.2, 0.25) is 0 Å². The van der Waals surface area contributed by atoms with Crippen molar-refractivity contribution in [2.24, 2.45) is 0 Å². The Morgan fingerprint density at radius 2 is 2.00 bits per heavy atom. The van der Waals surface area contributed by atoms with Gasteiger partial charge in [-0.15, -0.1) is 0 Å². The molecule has 1 unspecified atom stereocenters. The molecule has 1 aromatic carbocycles. The number of hydrogen-bond acceptors (Lipinski definition) is 4. The lowest BCUT2D eigenvalue weighted by Gasteiger charge is -2.26. The molecule has 23 heavy (non-hydrogen) atoms. The lowest BCUT2D eigenvalue weighted by molar-refractivity contribution is -0.134. The zero-order valence-electron chi connectivity index (χ0n) is 13.6. The van der Waals surface area contributed by atoms with Crippen molar-refractivity contribution in [3.63, 3.8) is 0 Å². The molecule has 3 rings (SSSR count). The van der Waals surface area contributed by atoms with Crippen LogP contribution in [0.3, 0.4) is 0 Å². The molecule has 1 atom stereocenters. The first-order chi connectivity index (χ1) is 11.1. The maximum Gasteiger partial charge on any atom is 0.234 e. The average molecular weight is 314 g/mol. The van der Waals surface area contributed by atoms with E-state index in [1.54, 1.807) is 6.26 Å². The molecule has 1 aliphatic rings. The van der Waals surface area contributed by atoms with E-state index in [9.17, 15) is 4.79 Å². The number of para-hydroxylation sites is 1. The van der Waals surface area contributed by atoms with Crippen LogP contribution in [0.1, 0.15) is 17.2 Å². The molecule has 0 saturated heterocycles. The summed E-state index contributed by atoms with van der Waals surface area (Å²) in [4.78, 5) is 17.0. The van der Waals surface area contributed by atoms with Gasteiger partial charge in [-0.2, -0.15) is 0 Å². The van der Waals surface area contributed by atoms with E-state index in [2.05, 4.69) is 4.90 Å². The van der Waals surface area contributed by atoms with Crippen LogP contribution in [0.5, 0.6) is 5.75 Å². The molecule has 2 heterocycles. The van der Waals surface area contributed by atoms with Gasteiger partial charge in [-0.1, -0.05) is 18.2 Å². The van der Waals surface area contributed by atoms with Gasteiger partial charge in [-0.05, 0) is 32.3 Å². The fourth-order valence-electron chi connectivity index (χ4n) is 2.77. The number of hydrogen-bond donors (Lipinski definition) is 0. The Labute approximate surface area is 136 Å². The standard InChI is InChI=1S/C18H22N2O3/c1-19(2)9-10-20(12-14-6-5-11-22-14)18(21)16-13-23-17-8-4-3-7-15(16)17/h3-8,11,16H,9-10,12-13H2,1-2H3. The Kier molecular flexibility index (Phi) is 4.67. The highest BCUT2D eigenvalue weighted by Gasteiger charge is 2.33. The molecule has 2 aromatic rings. The number of furan rings is 1. The minimum absolute atomic E-state index is 0.0909. The number of ether oxygens (including phenoxy) is 1. The van der Waals surface area contributed by atoms with E-state index >= 15 is 0 Å². The summed E-state index contributed by atoms with van der Waals surface area (Å²) in [7, 11) is 4.01. The summed E-state index contributed by atoms with van der Waals surface area (Å²) in [6, 6.07) is 11.5. The number of benzene rings is 1. The summed E-state index contributed by atoms with van der Waals surface area (Å²) in [6.45, 7) is 2.36. The molecule has 0 radical (unpaired) electrons. The normalized spacial score (nSPS) is 16.2. The SMILES string of the molecule is CN(C)CCN(Cc1ccco1)C(=O)C1COc2ccccc21. The Balaban J connectivity index is 1.77. The van der Waals surface area contributed by atoms with Crippen molar-refractivity contribution in [1.82, 2.24) is 9.80 Å². The topological polar surface area (TPSA) is 45.9 Å². The Morgan fingerprint density at radius 1 is 1.17 bits per heavy atom. The fraction of sp³-hybridized carbons (Fsp3) is 0.389. The molecule has 0 bridgehead atoms. The van der Waals surface area contributed by atoms with Crippen LogP contribution in [0.25, 0.3) is 0 Å². The molecule has 122 valence electrons. The van der Waals surface area contributed by atoms with E-state index in [1.807, 2.05) is 55.4 Å². The number of fused-ring (bicyclic) bond motifs is 1. The number of nitrogens with zero attached hydrogens (tertiary/aromatic N) is 2. The van der Waals surface area contributed by atoms with Gasteiger partial charge in [0.05, 0.1) is 12.8 Å². The third-order valence-corrected chi connectivity index (χ3v) is 4.05. The van der Waals surface area contributed by atoms with Crippen molar-refractivity contribution < 1.29 is 13.9 Å². The molecule has 1 amide bonds. The number of carbonyl (C=O) groups excluding carboxylic acids is 1. The summed E-state index contributed by atoms with van der Waals surface area (Å²) in [5.74, 6) is 1.47. The second-order valence-electron chi connectivity index (χ2n) is 6.04. The molecule has 0 saturated carbocycles. The zero-order chi connectivity index (χ0) is 16.2. The first kappa shape index (κ1) is 15.6. The second-order valence-corrected chi connectivity index (χ2v) is 6.04. The largest absolute Gasteiger partial charge is 0.492 e. The smallest absolute Gasteiger partial charge is 0.234 e. The number of rotatable bonds is 6. The van der Waals surface area contributed by atoms with Crippen LogP contribution in [0.4, 0.5) is 0 Å². The highest BCUT2D eigenvalue weighted by Crippen LogP contribution is 2.34. The lowest BCUT2D eigenvalue weighted by atomic mass is 9.99. The van der Waals surface area contributed by atoms with Crippen LogP contribution in [-0.2, 0) is 11.3 Å². The fourth-order valence-corrected chi connectivity index (χ4v) is 2.77. The van der Waals surface area contributed by atoms with Crippen molar-refractivity contribution in [2.75, 3.05) is 33.8 Å². The summed E-state index contributed by atoms with van der Waals surface area (Å²) in [5.41, 5.74) is 0.979. The third kappa shape index (κ3) is 3.56. The van der Waals surface area contributed by atoms with Crippen molar-refractivity contribution >= 4 is 5.91 Å². The van der Waals surface area contributed by atoms with E-state index in [0.29, 0.717) is 19.7 Å². The van der Waals surface area contributed by atoms with Gasteiger partial charge in [0, 0.05) is 18.7 Å². The number of amides is 1. The van der Waals surface area contributed by atoms with Gasteiger partial charge in [-0.25, -0.2) is 0 Å². The van der Waals surface area contributed by atoms with E-state index in [1.165, 1.54) is 0 Å². The minimum Gasteiger partial charge on any atom is -0.492 e. The molecule has 0 spiro atoms. The minimum atomic E-state index is -0.233. The van der Waals surface area contributed by atoms with Gasteiger partial charge < -0.3 is 19.0 Å². The van der Waals surface area contributed by atoms with Gasteiger partial charge in [-0.3, -0.25) is 4.79 Å². The molecule has 0 N–H and O–H groups in total. The Hall–Kier alpha value is -2.27. The Morgan fingerprint density at radius 3 is 2.74 bits per heavy atom. The van der Waals surface area contributed by atoms with Crippen molar-refractivity contribution in [3.05, 3.63) is 54.0 Å². The monoisotopic (exact) mass is 314 g/mol. The lowest BCUT2D eigenvalue weighted by Crippen LogP contribution is -2.39. The highest BCUT2D eigenvalue weighted by molar-refractivity contribution is 5.85. The van der Waals surface area contributed by atoms with Crippen molar-refractivity contribution in [3.8, 4) is 5.75 Å². The average Bonchev–Trinajstić information content (AvgIpc) is 3.20. The van der Waals surface area contributed by atoms with Crippen molar-refractivity contribution in [1.29, 1.82) is 0 Å². The van der Waals surface area contributed by atoms with Crippen LogP contribution < -0.4 is 4.74 Å². The molecular formula is C18H22N2O3. The van der Waals surface area contributed by atoms with Crippen LogP contribution >= 0.6 is 0 Å². The van der Waals surface area contributed by atoms with Crippen LogP contribution in [0.15, 0.2) is 47.1 Å². The first-order valence-corrected chi connectivity index (χ1v) is 7.83. The number of carbonyl (C=O) groups is 1. The quantitative estimate of drug-likeness (QED) is 0.821. The summed E-state index contributed by atoms with van der Waals surface area (Å²) >= 11 is 0. The van der Waals surface area contributed by atoms with Crippen molar-refractivity contribution in [2.45, 2.75) is 12.5 Å². The van der Waals surface area contributed by atoms with Gasteiger partial charge in [0.25, 0.3) is 0 Å². The molecular weight excluding hydrogens is 292 g/mol. The van der Waals surface area contributed by atoms with E-state index < -0.39 is 0 Å². The van der Waals surface area contributed by atoms with E-state index in [4.69, 9.17) is 9.15 Å². The Bertz CT molecular complexity index is 652. The molecule has 5 heteroatoms. The predicted octanol–water partition coefficient (Wildman–Crippen LogP) is 2.35. The third-order valence-electron chi connectivity index (χ3n) is 4.05. The van der Waals surface area contributed by atoms with Gasteiger partial charge >= 0.3 is 0 Å². The predicted molar refractivity (Wildman–Crippen MR) is 87.4 cm³/mol. The molecule has 0 fully saturated rings. The molecule has 0 aliphatic carbocycles. The molecule has 5 nitrogen and oxygen atoms in total. The van der Waals surface area contributed by atoms with Gasteiger partial charge in [0.1, 0.15) is 24.0 Å². The van der Waals surface area contributed by atoms with Crippen LogP contribution in [-0.4, -0.2) is 49.5 Å². The first-order valence-electron chi connectivity index (χ1n) is 7.83. The maximum absolute atomic E-state index is 13.0. The van der Waals surface area contributed by atoms with Gasteiger partial charge in [0.2, 0.25) is 5.91 Å². The maximum atomic E-state index is 13.0. The van der Waals surface area contributed by atoms with Crippen LogP contribution in [0, 0.1) is 0 Å². The second kappa shape index (κ2) is 6.87. The number of likely N-dealkylation sites (N-methyl/N-ethyl adjacent to an activating group) is 1. The summed E-state index contributed by atoms with van der Waals surface area (Å²) < 4.78 is 11.1. The molecule has 1 aromatic heterocycles.